The number of phenols is 3. The average molecular weight is 358 g/mol. The smallest absolute Gasteiger partial charge is 0.508 e. The Kier molecular flexibility index (Phi) is 4.40. The topological polar surface area (TPSA) is 126 Å². The molecule has 26 heavy (non-hydrogen) atoms. The third-order valence-corrected chi connectivity index (χ3v) is 3.51. The molecule has 0 saturated heterocycles. The highest BCUT2D eigenvalue weighted by molar-refractivity contribution is 5.83. The van der Waals surface area contributed by atoms with Crippen molar-refractivity contribution in [3.63, 3.8) is 0 Å². The summed E-state index contributed by atoms with van der Waals surface area (Å²) in [5.41, 5.74) is -0.243. The fraction of sp³-hybridized carbons (Fsp3) is 0.111. The Morgan fingerprint density at radius 2 is 1.81 bits per heavy atom. The summed E-state index contributed by atoms with van der Waals surface area (Å²) in [5.74, 6) is -1.11. The molecule has 1 heterocycles. The third kappa shape index (κ3) is 3.25. The second-order valence-electron chi connectivity index (χ2n) is 5.28. The molecule has 3 aromatic rings. The Hall–Kier alpha value is -3.68. The van der Waals surface area contributed by atoms with Crippen LogP contribution in [-0.4, -0.2) is 28.1 Å². The number of ether oxygens (including phenoxy) is 2. The van der Waals surface area contributed by atoms with Gasteiger partial charge < -0.3 is 29.2 Å². The van der Waals surface area contributed by atoms with Gasteiger partial charge in [-0.05, 0) is 25.1 Å². The lowest BCUT2D eigenvalue weighted by Gasteiger charge is -2.10. The molecule has 0 radical (unpaired) electrons. The van der Waals surface area contributed by atoms with Crippen molar-refractivity contribution in [1.29, 1.82) is 0 Å². The van der Waals surface area contributed by atoms with Crippen LogP contribution in [0.15, 0.2) is 45.6 Å². The van der Waals surface area contributed by atoms with Crippen molar-refractivity contribution >= 4 is 17.1 Å². The zero-order chi connectivity index (χ0) is 18.8. The maximum absolute atomic E-state index is 12.3. The van der Waals surface area contributed by atoms with Crippen LogP contribution in [-0.2, 0) is 4.74 Å². The maximum Gasteiger partial charge on any atom is 0.513 e. The minimum absolute atomic E-state index is 0.0259. The summed E-state index contributed by atoms with van der Waals surface area (Å²) in [6.07, 6.45) is -0.981. The number of carbonyl (C=O) groups is 1. The Balaban J connectivity index is 2.16. The van der Waals surface area contributed by atoms with Gasteiger partial charge in [0.2, 0.25) is 0 Å². The number of rotatable bonds is 3. The molecule has 134 valence electrons. The van der Waals surface area contributed by atoms with E-state index < -0.39 is 23.1 Å². The molecule has 0 atom stereocenters. The van der Waals surface area contributed by atoms with Gasteiger partial charge in [0.05, 0.1) is 17.6 Å². The lowest BCUT2D eigenvalue weighted by molar-refractivity contribution is 0.104. The van der Waals surface area contributed by atoms with Gasteiger partial charge in [0.1, 0.15) is 22.8 Å². The van der Waals surface area contributed by atoms with Gasteiger partial charge in [-0.1, -0.05) is 0 Å². The van der Waals surface area contributed by atoms with Crippen LogP contribution in [0.4, 0.5) is 4.79 Å². The number of phenolic OH excluding ortho intramolecular Hbond substituents is 3. The molecule has 0 fully saturated rings. The number of benzene rings is 2. The van der Waals surface area contributed by atoms with Crippen molar-refractivity contribution in [3.05, 3.63) is 46.6 Å². The first kappa shape index (κ1) is 17.2. The molecule has 8 heteroatoms. The van der Waals surface area contributed by atoms with Gasteiger partial charge >= 0.3 is 6.16 Å². The van der Waals surface area contributed by atoms with Crippen LogP contribution >= 0.6 is 0 Å². The summed E-state index contributed by atoms with van der Waals surface area (Å²) < 4.78 is 15.3. The Labute approximate surface area is 146 Å². The van der Waals surface area contributed by atoms with Crippen molar-refractivity contribution in [3.8, 4) is 34.3 Å². The van der Waals surface area contributed by atoms with Crippen LogP contribution in [0.5, 0.6) is 23.0 Å². The molecular formula is C18H14O8. The summed E-state index contributed by atoms with van der Waals surface area (Å²) in [6.45, 7) is 1.70. The highest BCUT2D eigenvalue weighted by Gasteiger charge is 2.17. The van der Waals surface area contributed by atoms with E-state index in [0.29, 0.717) is 0 Å². The normalized spacial score (nSPS) is 10.7. The predicted molar refractivity (Wildman–Crippen MR) is 90.6 cm³/mol. The Morgan fingerprint density at radius 3 is 2.54 bits per heavy atom. The van der Waals surface area contributed by atoms with Gasteiger partial charge in [0.15, 0.2) is 16.9 Å². The molecule has 0 aliphatic heterocycles. The monoisotopic (exact) mass is 358 g/mol. The summed E-state index contributed by atoms with van der Waals surface area (Å²) in [4.78, 5) is 23.9. The molecule has 0 unspecified atom stereocenters. The largest absolute Gasteiger partial charge is 0.513 e. The quantitative estimate of drug-likeness (QED) is 0.370. The molecule has 3 rings (SSSR count). The minimum atomic E-state index is -0.981. The molecule has 0 amide bonds. The molecule has 8 nitrogen and oxygen atoms in total. The molecule has 0 aliphatic rings. The van der Waals surface area contributed by atoms with E-state index in [1.807, 2.05) is 0 Å². The second kappa shape index (κ2) is 6.67. The van der Waals surface area contributed by atoms with Gasteiger partial charge in [0.25, 0.3) is 0 Å². The zero-order valence-corrected chi connectivity index (χ0v) is 13.6. The zero-order valence-electron chi connectivity index (χ0n) is 13.6. The van der Waals surface area contributed by atoms with Gasteiger partial charge in [-0.15, -0.1) is 0 Å². The molecule has 2 aromatic carbocycles. The lowest BCUT2D eigenvalue weighted by Crippen LogP contribution is -2.11. The van der Waals surface area contributed by atoms with E-state index in [1.165, 1.54) is 18.2 Å². The van der Waals surface area contributed by atoms with Crippen molar-refractivity contribution < 1.29 is 34.0 Å². The highest BCUT2D eigenvalue weighted by atomic mass is 16.7. The standard InChI is InChI=1S/C18H14O8/c1-2-24-18(23)26-15-5-9(19)3-4-10(15)16-7-12(20)11-6-13(21)14(22)8-17(11)25-16/h3-8,19,21-22H,2H2,1H3. The SMILES string of the molecule is CCOC(=O)Oc1cc(O)ccc1-c1cc(=O)c2cc(O)c(O)cc2o1. The molecule has 1 aromatic heterocycles. The molecule has 0 bridgehead atoms. The minimum Gasteiger partial charge on any atom is -0.508 e. The fourth-order valence-electron chi connectivity index (χ4n) is 2.35. The lowest BCUT2D eigenvalue weighted by atomic mass is 10.1. The van der Waals surface area contributed by atoms with Crippen molar-refractivity contribution in [1.82, 2.24) is 0 Å². The predicted octanol–water partition coefficient (Wildman–Crippen LogP) is 3.11. The van der Waals surface area contributed by atoms with E-state index in [2.05, 4.69) is 0 Å². The number of aromatic hydroxyl groups is 3. The van der Waals surface area contributed by atoms with Gasteiger partial charge in [-0.2, -0.15) is 0 Å². The average Bonchev–Trinajstić information content (AvgIpc) is 2.57. The van der Waals surface area contributed by atoms with Gasteiger partial charge in [-0.3, -0.25) is 4.79 Å². The van der Waals surface area contributed by atoms with Crippen molar-refractivity contribution in [2.45, 2.75) is 6.92 Å². The number of fused-ring (bicyclic) bond motifs is 1. The summed E-state index contributed by atoms with van der Waals surface area (Å²) in [6, 6.07) is 7.23. The van der Waals surface area contributed by atoms with E-state index in [4.69, 9.17) is 13.9 Å². The number of carbonyl (C=O) groups excluding carboxylic acids is 1. The summed E-state index contributed by atoms with van der Waals surface area (Å²) >= 11 is 0. The first-order chi connectivity index (χ1) is 12.4. The first-order valence-electron chi connectivity index (χ1n) is 7.57. The number of hydrogen-bond donors (Lipinski definition) is 3. The molecule has 0 spiro atoms. The molecule has 0 aliphatic carbocycles. The molecular weight excluding hydrogens is 344 g/mol. The van der Waals surface area contributed by atoms with Crippen LogP contribution < -0.4 is 10.2 Å². The fourth-order valence-corrected chi connectivity index (χ4v) is 2.35. The van der Waals surface area contributed by atoms with E-state index in [9.17, 15) is 24.9 Å². The van der Waals surface area contributed by atoms with Crippen LogP contribution in [0, 0.1) is 0 Å². The van der Waals surface area contributed by atoms with Crippen LogP contribution in [0.1, 0.15) is 6.92 Å². The van der Waals surface area contributed by atoms with E-state index in [1.54, 1.807) is 6.92 Å². The van der Waals surface area contributed by atoms with Crippen LogP contribution in [0.3, 0.4) is 0 Å². The molecule has 0 saturated carbocycles. The second-order valence-corrected chi connectivity index (χ2v) is 5.28. The van der Waals surface area contributed by atoms with Crippen LogP contribution in [0.25, 0.3) is 22.3 Å². The van der Waals surface area contributed by atoms with Crippen molar-refractivity contribution in [2.24, 2.45) is 0 Å². The van der Waals surface area contributed by atoms with Crippen molar-refractivity contribution in [2.75, 3.05) is 6.61 Å². The maximum atomic E-state index is 12.3. The third-order valence-electron chi connectivity index (χ3n) is 3.51. The van der Waals surface area contributed by atoms with Crippen LogP contribution in [0.2, 0.25) is 0 Å². The molecule has 3 N–H and O–H groups in total. The van der Waals surface area contributed by atoms with E-state index in [-0.39, 0.29) is 40.4 Å². The highest BCUT2D eigenvalue weighted by Crippen LogP contribution is 2.36. The first-order valence-corrected chi connectivity index (χ1v) is 7.57. The Morgan fingerprint density at radius 1 is 1.08 bits per heavy atom. The van der Waals surface area contributed by atoms with E-state index >= 15 is 0 Å². The summed E-state index contributed by atoms with van der Waals surface area (Å²) in [5, 5.41) is 28.8. The summed E-state index contributed by atoms with van der Waals surface area (Å²) in [7, 11) is 0. The Bertz CT molecular complexity index is 1050. The number of hydrogen-bond acceptors (Lipinski definition) is 8. The van der Waals surface area contributed by atoms with Gasteiger partial charge in [0, 0.05) is 18.2 Å². The van der Waals surface area contributed by atoms with E-state index in [0.717, 1.165) is 18.2 Å². The van der Waals surface area contributed by atoms with Gasteiger partial charge in [-0.25, -0.2) is 4.79 Å².